The van der Waals surface area contributed by atoms with Gasteiger partial charge < -0.3 is 10.1 Å². The number of carbonyl (C=O) groups excluding carboxylic acids is 2. The quantitative estimate of drug-likeness (QED) is 0.467. The van der Waals surface area contributed by atoms with Crippen LogP contribution >= 0.6 is 0 Å². The molecule has 1 N–H and O–H groups in total. The van der Waals surface area contributed by atoms with Crippen LogP contribution < -0.4 is 10.1 Å². The number of halogens is 2. The van der Waals surface area contributed by atoms with Crippen LogP contribution in [-0.2, 0) is 17.9 Å². The van der Waals surface area contributed by atoms with E-state index in [-0.39, 0.29) is 23.6 Å². The van der Waals surface area contributed by atoms with Crippen LogP contribution in [0.3, 0.4) is 0 Å². The minimum Gasteiger partial charge on any atom is -0.489 e. The molecule has 0 saturated carbocycles. The van der Waals surface area contributed by atoms with Crippen LogP contribution in [0.2, 0.25) is 0 Å². The van der Waals surface area contributed by atoms with Crippen LogP contribution in [0.4, 0.5) is 13.6 Å². The lowest BCUT2D eigenvalue weighted by atomic mass is 10.1. The molecule has 1 saturated heterocycles. The Bertz CT molecular complexity index is 1140. The van der Waals surface area contributed by atoms with E-state index in [9.17, 15) is 18.4 Å². The number of hydrogen-bond acceptors (Lipinski definition) is 3. The molecule has 0 bridgehead atoms. The third-order valence-corrected chi connectivity index (χ3v) is 4.76. The zero-order chi connectivity index (χ0) is 21.8. The maximum Gasteiger partial charge on any atom is 0.329 e. The first kappa shape index (κ1) is 20.3. The van der Waals surface area contributed by atoms with Gasteiger partial charge in [0.15, 0.2) is 0 Å². The number of nitrogens with one attached hydrogen (secondary N) is 1. The molecular weight excluding hydrogens is 402 g/mol. The topological polar surface area (TPSA) is 58.6 Å². The van der Waals surface area contributed by atoms with E-state index in [0.717, 1.165) is 10.5 Å². The van der Waals surface area contributed by atoms with Gasteiger partial charge in [-0.25, -0.2) is 13.6 Å². The van der Waals surface area contributed by atoms with Gasteiger partial charge in [0.2, 0.25) is 0 Å². The van der Waals surface area contributed by atoms with Crippen LogP contribution in [-0.4, -0.2) is 16.8 Å². The van der Waals surface area contributed by atoms with Gasteiger partial charge in [0.05, 0.1) is 6.54 Å². The molecule has 3 aromatic rings. The van der Waals surface area contributed by atoms with Gasteiger partial charge in [-0.05, 0) is 47.5 Å². The number of urea groups is 1. The standard InChI is InChI=1S/C24H18F2N2O3/c25-19-9-5-17(6-10-19)15-31-20-11-7-16(8-12-20)13-22-23(29)28(24(30)27-22)14-18-3-1-2-4-21(18)26/h1-13H,14-15H2,(H,27,30)/b22-13-. The largest absolute Gasteiger partial charge is 0.489 e. The summed E-state index contributed by atoms with van der Waals surface area (Å²) >= 11 is 0. The zero-order valence-corrected chi connectivity index (χ0v) is 16.3. The molecule has 3 amide bonds. The molecule has 1 fully saturated rings. The molecule has 0 aliphatic carbocycles. The molecule has 0 atom stereocenters. The second-order valence-electron chi connectivity index (χ2n) is 6.96. The molecule has 0 unspecified atom stereocenters. The highest BCUT2D eigenvalue weighted by Gasteiger charge is 2.33. The fourth-order valence-corrected chi connectivity index (χ4v) is 3.09. The SMILES string of the molecule is O=C1N/C(=C\c2ccc(OCc3ccc(F)cc3)cc2)C(=O)N1Cc1ccccc1F. The van der Waals surface area contributed by atoms with Crippen LogP contribution in [0, 0.1) is 11.6 Å². The molecule has 0 radical (unpaired) electrons. The van der Waals surface area contributed by atoms with E-state index < -0.39 is 17.8 Å². The van der Waals surface area contributed by atoms with Crippen molar-refractivity contribution in [2.45, 2.75) is 13.2 Å². The Hall–Kier alpha value is -4.00. The van der Waals surface area contributed by atoms with E-state index >= 15 is 0 Å². The number of ether oxygens (including phenoxy) is 1. The number of imide groups is 1. The third-order valence-electron chi connectivity index (χ3n) is 4.76. The Kier molecular flexibility index (Phi) is 5.75. The molecule has 1 aliphatic rings. The van der Waals surface area contributed by atoms with Gasteiger partial charge in [0, 0.05) is 5.56 Å². The summed E-state index contributed by atoms with van der Waals surface area (Å²) in [6.07, 6.45) is 1.55. The predicted molar refractivity (Wildman–Crippen MR) is 111 cm³/mol. The second kappa shape index (κ2) is 8.79. The number of benzene rings is 3. The van der Waals surface area contributed by atoms with Crippen LogP contribution in [0.1, 0.15) is 16.7 Å². The third kappa shape index (κ3) is 4.78. The van der Waals surface area contributed by atoms with Crippen molar-refractivity contribution < 1.29 is 23.1 Å². The average Bonchev–Trinajstić information content (AvgIpc) is 3.03. The van der Waals surface area contributed by atoms with E-state index in [1.54, 1.807) is 54.6 Å². The Morgan fingerprint density at radius 3 is 2.32 bits per heavy atom. The Morgan fingerprint density at radius 2 is 1.61 bits per heavy atom. The number of nitrogens with zero attached hydrogens (tertiary/aromatic N) is 1. The maximum absolute atomic E-state index is 13.9. The lowest BCUT2D eigenvalue weighted by molar-refractivity contribution is -0.123. The molecule has 31 heavy (non-hydrogen) atoms. The lowest BCUT2D eigenvalue weighted by Crippen LogP contribution is -2.30. The van der Waals surface area contributed by atoms with Gasteiger partial charge in [0.1, 0.15) is 29.7 Å². The molecule has 7 heteroatoms. The molecule has 1 aliphatic heterocycles. The van der Waals surface area contributed by atoms with Gasteiger partial charge >= 0.3 is 6.03 Å². The van der Waals surface area contributed by atoms with E-state index in [1.807, 2.05) is 0 Å². The molecular formula is C24H18F2N2O3. The summed E-state index contributed by atoms with van der Waals surface area (Å²) in [4.78, 5) is 25.7. The first-order chi connectivity index (χ1) is 15.0. The molecule has 4 rings (SSSR count). The Labute approximate surface area is 177 Å². The van der Waals surface area contributed by atoms with Gasteiger partial charge in [-0.1, -0.05) is 42.5 Å². The van der Waals surface area contributed by atoms with Crippen molar-refractivity contribution in [3.8, 4) is 5.75 Å². The molecule has 0 aromatic heterocycles. The molecule has 1 heterocycles. The van der Waals surface area contributed by atoms with E-state index in [4.69, 9.17) is 4.74 Å². The van der Waals surface area contributed by atoms with E-state index in [2.05, 4.69) is 5.32 Å². The van der Waals surface area contributed by atoms with Crippen molar-refractivity contribution in [2.75, 3.05) is 0 Å². The van der Waals surface area contributed by atoms with E-state index in [1.165, 1.54) is 24.3 Å². The van der Waals surface area contributed by atoms with Crippen molar-refractivity contribution in [1.82, 2.24) is 10.2 Å². The highest BCUT2D eigenvalue weighted by molar-refractivity contribution is 6.13. The maximum atomic E-state index is 13.9. The summed E-state index contributed by atoms with van der Waals surface area (Å²) in [6.45, 7) is 0.144. The average molecular weight is 420 g/mol. The first-order valence-corrected chi connectivity index (χ1v) is 9.55. The van der Waals surface area contributed by atoms with Crippen LogP contribution in [0.5, 0.6) is 5.75 Å². The Balaban J connectivity index is 1.41. The van der Waals surface area contributed by atoms with Gasteiger partial charge in [-0.2, -0.15) is 0 Å². The van der Waals surface area contributed by atoms with E-state index in [0.29, 0.717) is 17.9 Å². The summed E-state index contributed by atoms with van der Waals surface area (Å²) in [5.74, 6) is -0.696. The normalized spacial score (nSPS) is 14.8. The van der Waals surface area contributed by atoms with Gasteiger partial charge in [-0.15, -0.1) is 0 Å². The fraction of sp³-hybridized carbons (Fsp3) is 0.0833. The van der Waals surface area contributed by atoms with Crippen molar-refractivity contribution in [2.24, 2.45) is 0 Å². The van der Waals surface area contributed by atoms with Gasteiger partial charge in [0.25, 0.3) is 5.91 Å². The summed E-state index contributed by atoms with van der Waals surface area (Å²) in [5.41, 5.74) is 1.89. The first-order valence-electron chi connectivity index (χ1n) is 9.55. The minimum absolute atomic E-state index is 0.112. The monoisotopic (exact) mass is 420 g/mol. The summed E-state index contributed by atoms with van der Waals surface area (Å²) in [6, 6.07) is 18.4. The van der Waals surface area contributed by atoms with Crippen molar-refractivity contribution >= 4 is 18.0 Å². The number of hydrogen-bond donors (Lipinski definition) is 1. The minimum atomic E-state index is -0.598. The zero-order valence-electron chi connectivity index (χ0n) is 16.3. The molecule has 0 spiro atoms. The fourth-order valence-electron chi connectivity index (χ4n) is 3.09. The smallest absolute Gasteiger partial charge is 0.329 e. The van der Waals surface area contributed by atoms with Crippen molar-refractivity contribution in [3.63, 3.8) is 0 Å². The second-order valence-corrected chi connectivity index (χ2v) is 6.96. The Morgan fingerprint density at radius 1 is 0.903 bits per heavy atom. The number of rotatable bonds is 6. The molecule has 5 nitrogen and oxygen atoms in total. The van der Waals surface area contributed by atoms with Crippen LogP contribution in [0.15, 0.2) is 78.5 Å². The number of carbonyl (C=O) groups is 2. The van der Waals surface area contributed by atoms with Gasteiger partial charge in [-0.3, -0.25) is 9.69 Å². The number of amides is 3. The van der Waals surface area contributed by atoms with Crippen LogP contribution in [0.25, 0.3) is 6.08 Å². The molecule has 3 aromatic carbocycles. The van der Waals surface area contributed by atoms with Crippen molar-refractivity contribution in [1.29, 1.82) is 0 Å². The summed E-state index contributed by atoms with van der Waals surface area (Å²) < 4.78 is 32.5. The highest BCUT2D eigenvalue weighted by atomic mass is 19.1. The van der Waals surface area contributed by atoms with Crippen molar-refractivity contribution in [3.05, 3.63) is 107 Å². The predicted octanol–water partition coefficient (Wildman–Crippen LogP) is 4.64. The summed E-state index contributed by atoms with van der Waals surface area (Å²) in [5, 5.41) is 2.52. The highest BCUT2D eigenvalue weighted by Crippen LogP contribution is 2.20. The summed E-state index contributed by atoms with van der Waals surface area (Å²) in [7, 11) is 0. The lowest BCUT2D eigenvalue weighted by Gasteiger charge is -2.12. The molecule has 156 valence electrons.